The molecule has 0 aliphatic carbocycles. The number of aryl methyl sites for hydroxylation is 1. The average molecular weight is 328 g/mol. The van der Waals surface area contributed by atoms with Crippen molar-refractivity contribution in [2.75, 3.05) is 0 Å². The third-order valence-electron chi connectivity index (χ3n) is 4.17. The fourth-order valence-electron chi connectivity index (χ4n) is 2.65. The molecule has 2 aromatic rings. The van der Waals surface area contributed by atoms with Crippen molar-refractivity contribution in [1.82, 2.24) is 0 Å². The zero-order valence-corrected chi connectivity index (χ0v) is 15.6. The predicted octanol–water partition coefficient (Wildman–Crippen LogP) is 6.17. The van der Waals surface area contributed by atoms with Gasteiger partial charge in [-0.3, -0.25) is 0 Å². The highest BCUT2D eigenvalue weighted by atomic mass is 14.0. The van der Waals surface area contributed by atoms with E-state index in [2.05, 4.69) is 86.1 Å². The van der Waals surface area contributed by atoms with Gasteiger partial charge in [0.25, 0.3) is 0 Å². The van der Waals surface area contributed by atoms with E-state index in [4.69, 9.17) is 0 Å². The lowest BCUT2D eigenvalue weighted by molar-refractivity contribution is 0.667. The Morgan fingerprint density at radius 2 is 1.24 bits per heavy atom. The lowest BCUT2D eigenvalue weighted by Crippen LogP contribution is -1.86. The molecule has 0 unspecified atom stereocenters. The van der Waals surface area contributed by atoms with Crippen LogP contribution in [0.15, 0.2) is 48.5 Å². The van der Waals surface area contributed by atoms with Crippen LogP contribution in [0.3, 0.4) is 0 Å². The summed E-state index contributed by atoms with van der Waals surface area (Å²) in [6, 6.07) is 17.1. The minimum atomic E-state index is 0.821. The average Bonchev–Trinajstić information content (AvgIpc) is 2.66. The highest BCUT2D eigenvalue weighted by molar-refractivity contribution is 5.44. The molecule has 0 radical (unpaired) electrons. The molecule has 0 aromatic heterocycles. The molecule has 0 heterocycles. The molecule has 0 nitrogen and oxygen atoms in total. The minimum absolute atomic E-state index is 0.821. The van der Waals surface area contributed by atoms with Crippen molar-refractivity contribution in [2.45, 2.75) is 58.8 Å². The second kappa shape index (κ2) is 11.2. The zero-order chi connectivity index (χ0) is 17.7. The molecule has 25 heavy (non-hydrogen) atoms. The molecule has 0 atom stereocenters. The van der Waals surface area contributed by atoms with E-state index in [1.165, 1.54) is 43.2 Å². The van der Waals surface area contributed by atoms with Gasteiger partial charge in [-0.05, 0) is 48.2 Å². The van der Waals surface area contributed by atoms with Crippen LogP contribution >= 0.6 is 0 Å². The Hall–Kier alpha value is -2.44. The maximum absolute atomic E-state index is 3.26. The summed E-state index contributed by atoms with van der Waals surface area (Å²) >= 11 is 0. The molecule has 0 aliphatic rings. The van der Waals surface area contributed by atoms with Gasteiger partial charge in [-0.2, -0.15) is 0 Å². The Morgan fingerprint density at radius 3 is 1.80 bits per heavy atom. The monoisotopic (exact) mass is 328 g/mol. The number of unbranched alkanes of at least 4 members (excludes halogenated alkanes) is 3. The molecule has 0 fully saturated rings. The van der Waals surface area contributed by atoms with Crippen molar-refractivity contribution in [1.29, 1.82) is 0 Å². The Labute approximate surface area is 153 Å². The van der Waals surface area contributed by atoms with Crippen molar-refractivity contribution < 1.29 is 0 Å². The molecule has 128 valence electrons. The van der Waals surface area contributed by atoms with Gasteiger partial charge in [0.1, 0.15) is 0 Å². The largest absolute Gasteiger partial charge is 0.103 e. The Morgan fingerprint density at radius 1 is 0.640 bits per heavy atom. The smallest absolute Gasteiger partial charge is 0.0340 e. The van der Waals surface area contributed by atoms with Gasteiger partial charge in [0, 0.05) is 24.0 Å². The molecular weight excluding hydrogens is 300 g/mol. The second-order valence-electron chi connectivity index (χ2n) is 6.34. The van der Waals surface area contributed by atoms with Crippen LogP contribution in [0, 0.1) is 23.7 Å². The topological polar surface area (TPSA) is 0 Å². The number of hydrogen-bond donors (Lipinski definition) is 0. The molecule has 2 aromatic carbocycles. The first-order valence-electron chi connectivity index (χ1n) is 9.47. The van der Waals surface area contributed by atoms with Gasteiger partial charge in [0.15, 0.2) is 0 Å². The van der Waals surface area contributed by atoms with Crippen molar-refractivity contribution >= 4 is 0 Å². The summed E-state index contributed by atoms with van der Waals surface area (Å²) in [5.74, 6) is 12.8. The molecule has 0 bridgehead atoms. The van der Waals surface area contributed by atoms with Gasteiger partial charge in [-0.1, -0.05) is 75.1 Å². The predicted molar refractivity (Wildman–Crippen MR) is 108 cm³/mol. The van der Waals surface area contributed by atoms with Crippen LogP contribution in [0.5, 0.6) is 0 Å². The second-order valence-corrected chi connectivity index (χ2v) is 6.34. The summed E-state index contributed by atoms with van der Waals surface area (Å²) in [5, 5.41) is 0. The van der Waals surface area contributed by atoms with Crippen LogP contribution in [-0.2, 0) is 12.8 Å². The summed E-state index contributed by atoms with van der Waals surface area (Å²) in [4.78, 5) is 0. The van der Waals surface area contributed by atoms with E-state index in [1.807, 2.05) is 0 Å². The van der Waals surface area contributed by atoms with Gasteiger partial charge in [0.2, 0.25) is 0 Å². The van der Waals surface area contributed by atoms with E-state index in [0.717, 1.165) is 24.0 Å². The summed E-state index contributed by atoms with van der Waals surface area (Å²) in [6.45, 7) is 4.33. The number of hydrogen-bond acceptors (Lipinski definition) is 0. The quantitative estimate of drug-likeness (QED) is 0.440. The molecule has 2 rings (SSSR count). The van der Waals surface area contributed by atoms with Gasteiger partial charge < -0.3 is 0 Å². The first-order valence-corrected chi connectivity index (χ1v) is 9.47. The molecular formula is C25H28. The van der Waals surface area contributed by atoms with Crippen molar-refractivity contribution in [3.63, 3.8) is 0 Å². The van der Waals surface area contributed by atoms with Gasteiger partial charge >= 0.3 is 0 Å². The third-order valence-corrected chi connectivity index (χ3v) is 4.17. The van der Waals surface area contributed by atoms with Crippen LogP contribution in [0.1, 0.15) is 68.2 Å². The molecule has 0 saturated heterocycles. The standard InChI is InChI=1S/C25H28/c1-3-5-7-9-11-23-14-18-25(19-15-23)21-20-24-16-12-22(13-17-24)10-8-6-4-2/h12-19H,3-5,7,9-11H2,1-2H3. The maximum atomic E-state index is 3.26. The summed E-state index contributed by atoms with van der Waals surface area (Å²) in [7, 11) is 0. The van der Waals surface area contributed by atoms with E-state index in [1.54, 1.807) is 0 Å². The first-order chi connectivity index (χ1) is 12.3. The molecule has 0 saturated carbocycles. The van der Waals surface area contributed by atoms with E-state index >= 15 is 0 Å². The van der Waals surface area contributed by atoms with Crippen LogP contribution in [0.2, 0.25) is 0 Å². The third kappa shape index (κ3) is 7.32. The van der Waals surface area contributed by atoms with Crippen LogP contribution < -0.4 is 0 Å². The van der Waals surface area contributed by atoms with Crippen molar-refractivity contribution in [2.24, 2.45) is 0 Å². The molecule has 0 heteroatoms. The Bertz CT molecular complexity index is 740. The van der Waals surface area contributed by atoms with E-state index in [9.17, 15) is 0 Å². The molecule has 0 spiro atoms. The summed E-state index contributed by atoms with van der Waals surface area (Å²) in [6.07, 6.45) is 8.17. The summed E-state index contributed by atoms with van der Waals surface area (Å²) in [5.41, 5.74) is 4.80. The van der Waals surface area contributed by atoms with E-state index < -0.39 is 0 Å². The lowest BCUT2D eigenvalue weighted by atomic mass is 10.0. The van der Waals surface area contributed by atoms with Crippen LogP contribution in [0.4, 0.5) is 0 Å². The molecule has 0 aliphatic heterocycles. The highest BCUT2D eigenvalue weighted by Gasteiger charge is 1.94. The van der Waals surface area contributed by atoms with Crippen molar-refractivity contribution in [3.05, 3.63) is 70.8 Å². The fourth-order valence-corrected chi connectivity index (χ4v) is 2.65. The minimum Gasteiger partial charge on any atom is -0.103 e. The SMILES string of the molecule is CCC#CCc1ccc(C#Cc2ccc(CCCCCC)cc2)cc1. The molecule has 0 amide bonds. The van der Waals surface area contributed by atoms with Crippen LogP contribution in [0.25, 0.3) is 0 Å². The van der Waals surface area contributed by atoms with Crippen molar-refractivity contribution in [3.8, 4) is 23.7 Å². The van der Waals surface area contributed by atoms with Gasteiger partial charge in [-0.15, -0.1) is 5.92 Å². The van der Waals surface area contributed by atoms with E-state index in [-0.39, 0.29) is 0 Å². The Balaban J connectivity index is 1.89. The van der Waals surface area contributed by atoms with Gasteiger partial charge in [0.05, 0.1) is 0 Å². The highest BCUT2D eigenvalue weighted by Crippen LogP contribution is 2.10. The van der Waals surface area contributed by atoms with Gasteiger partial charge in [-0.25, -0.2) is 0 Å². The zero-order valence-electron chi connectivity index (χ0n) is 15.6. The maximum Gasteiger partial charge on any atom is 0.0340 e. The molecule has 0 N–H and O–H groups in total. The van der Waals surface area contributed by atoms with E-state index in [0.29, 0.717) is 0 Å². The number of benzene rings is 2. The lowest BCUT2D eigenvalue weighted by Gasteiger charge is -2.01. The first kappa shape index (κ1) is 18.9. The summed E-state index contributed by atoms with van der Waals surface area (Å²) < 4.78 is 0. The van der Waals surface area contributed by atoms with Crippen LogP contribution in [-0.4, -0.2) is 0 Å². The normalized spacial score (nSPS) is 9.68. The fraction of sp³-hybridized carbons (Fsp3) is 0.360. The number of rotatable bonds is 6. The Kier molecular flexibility index (Phi) is 8.44.